The van der Waals surface area contributed by atoms with Crippen LogP contribution in [0.25, 0.3) is 0 Å². The van der Waals surface area contributed by atoms with Gasteiger partial charge >= 0.3 is 11.9 Å². The molecule has 15 heavy (non-hydrogen) atoms. The normalized spacial score (nSPS) is 9.87. The first kappa shape index (κ1) is 15.9. The van der Waals surface area contributed by atoms with Gasteiger partial charge in [-0.15, -0.1) is 0 Å². The van der Waals surface area contributed by atoms with Crippen molar-refractivity contribution >= 4 is 11.9 Å². The summed E-state index contributed by atoms with van der Waals surface area (Å²) in [4.78, 5) is 19.5. The summed E-state index contributed by atoms with van der Waals surface area (Å²) in [7, 11) is 0. The molecule has 0 heterocycles. The van der Waals surface area contributed by atoms with Gasteiger partial charge in [0.25, 0.3) is 0 Å². The summed E-state index contributed by atoms with van der Waals surface area (Å²) in [6.07, 6.45) is 5.68. The Bertz CT molecular complexity index is 241. The fourth-order valence-corrected chi connectivity index (χ4v) is 0.610. The highest BCUT2D eigenvalue weighted by Gasteiger charge is 1.96. The first-order valence-corrected chi connectivity index (χ1v) is 4.71. The molecule has 86 valence electrons. The third-order valence-corrected chi connectivity index (χ3v) is 1.52. The van der Waals surface area contributed by atoms with Crippen LogP contribution in [0.15, 0.2) is 24.3 Å². The van der Waals surface area contributed by atoms with Crippen molar-refractivity contribution in [2.75, 3.05) is 0 Å². The van der Waals surface area contributed by atoms with E-state index >= 15 is 0 Å². The fraction of sp³-hybridized carbons (Fsp3) is 0.455. The minimum absolute atomic E-state index is 0.452. The molecular formula is C11H18O4. The smallest absolute Gasteiger partial charge is 0.330 e. The van der Waals surface area contributed by atoms with E-state index in [4.69, 9.17) is 10.2 Å². The number of unbranched alkanes of at least 4 members (excludes halogenated alkanes) is 2. The number of carboxylic acid groups (broad SMARTS) is 2. The van der Waals surface area contributed by atoms with Crippen molar-refractivity contribution in [3.05, 3.63) is 24.3 Å². The largest absolute Gasteiger partial charge is 0.478 e. The van der Waals surface area contributed by atoms with Crippen LogP contribution < -0.4 is 0 Å². The number of carboxylic acids is 2. The first-order valence-electron chi connectivity index (χ1n) is 4.71. The van der Waals surface area contributed by atoms with Gasteiger partial charge in [0.1, 0.15) is 0 Å². The molecule has 0 aliphatic rings. The van der Waals surface area contributed by atoms with Gasteiger partial charge in [-0.05, 0) is 13.3 Å². The maximum Gasteiger partial charge on any atom is 0.330 e. The molecule has 4 heteroatoms. The van der Waals surface area contributed by atoms with Gasteiger partial charge in [-0.25, -0.2) is 9.59 Å². The molecule has 0 saturated heterocycles. The molecule has 0 amide bonds. The van der Waals surface area contributed by atoms with Crippen LogP contribution in [0.4, 0.5) is 0 Å². The second-order valence-corrected chi connectivity index (χ2v) is 2.88. The van der Waals surface area contributed by atoms with Gasteiger partial charge in [0, 0.05) is 11.6 Å². The SMILES string of the molecule is C=CC(=O)O.CCCCC=C(C)C(=O)O. The lowest BCUT2D eigenvalue weighted by Gasteiger charge is -1.91. The van der Waals surface area contributed by atoms with Gasteiger partial charge in [-0.1, -0.05) is 32.4 Å². The summed E-state index contributed by atoms with van der Waals surface area (Å²) < 4.78 is 0. The second kappa shape index (κ2) is 10.5. The molecule has 0 aliphatic heterocycles. The number of hydrogen-bond acceptors (Lipinski definition) is 2. The first-order chi connectivity index (χ1) is 6.95. The lowest BCUT2D eigenvalue weighted by molar-refractivity contribution is -0.133. The zero-order valence-corrected chi connectivity index (χ0v) is 9.19. The molecule has 0 bridgehead atoms. The van der Waals surface area contributed by atoms with Crippen molar-refractivity contribution in [3.8, 4) is 0 Å². The summed E-state index contributed by atoms with van der Waals surface area (Å²) >= 11 is 0. The van der Waals surface area contributed by atoms with Crippen molar-refractivity contribution in [2.45, 2.75) is 33.1 Å². The maximum atomic E-state index is 10.2. The molecule has 0 unspecified atom stereocenters. The van der Waals surface area contributed by atoms with Crippen LogP contribution >= 0.6 is 0 Å². The topological polar surface area (TPSA) is 74.6 Å². The predicted octanol–water partition coefficient (Wildman–Crippen LogP) is 2.46. The van der Waals surface area contributed by atoms with Crippen LogP contribution in [-0.4, -0.2) is 22.2 Å². The summed E-state index contributed by atoms with van der Waals surface area (Å²) in [6, 6.07) is 0. The average molecular weight is 214 g/mol. The van der Waals surface area contributed by atoms with Gasteiger partial charge in [-0.2, -0.15) is 0 Å². The molecule has 0 spiro atoms. The highest BCUT2D eigenvalue weighted by molar-refractivity contribution is 5.85. The maximum absolute atomic E-state index is 10.2. The van der Waals surface area contributed by atoms with E-state index in [9.17, 15) is 9.59 Å². The van der Waals surface area contributed by atoms with Crippen LogP contribution in [0.2, 0.25) is 0 Å². The number of rotatable bonds is 5. The van der Waals surface area contributed by atoms with E-state index in [-0.39, 0.29) is 0 Å². The van der Waals surface area contributed by atoms with Crippen LogP contribution in [0, 0.1) is 0 Å². The Hall–Kier alpha value is -1.58. The zero-order chi connectivity index (χ0) is 12.3. The third-order valence-electron chi connectivity index (χ3n) is 1.52. The molecule has 0 aromatic carbocycles. The standard InChI is InChI=1S/C8H14O2.C3H4O2/c1-3-4-5-6-7(2)8(9)10;1-2-3(4)5/h6H,3-5H2,1-2H3,(H,9,10);2H,1H2,(H,4,5). The van der Waals surface area contributed by atoms with Crippen LogP contribution in [0.1, 0.15) is 33.1 Å². The van der Waals surface area contributed by atoms with E-state index in [0.29, 0.717) is 5.57 Å². The molecule has 0 saturated carbocycles. The van der Waals surface area contributed by atoms with E-state index in [1.807, 2.05) is 0 Å². The second-order valence-electron chi connectivity index (χ2n) is 2.88. The lowest BCUT2D eigenvalue weighted by Crippen LogP contribution is -1.95. The summed E-state index contributed by atoms with van der Waals surface area (Å²) in [5.41, 5.74) is 0.452. The summed E-state index contributed by atoms with van der Waals surface area (Å²) in [5, 5.41) is 16.0. The van der Waals surface area contributed by atoms with Crippen LogP contribution in [-0.2, 0) is 9.59 Å². The van der Waals surface area contributed by atoms with Gasteiger partial charge in [0.05, 0.1) is 0 Å². The molecule has 0 aliphatic carbocycles. The molecule has 0 radical (unpaired) electrons. The van der Waals surface area contributed by atoms with Crippen molar-refractivity contribution in [2.24, 2.45) is 0 Å². The Morgan fingerprint density at radius 2 is 1.80 bits per heavy atom. The van der Waals surface area contributed by atoms with Gasteiger partial charge in [0.15, 0.2) is 0 Å². The number of carbonyl (C=O) groups is 2. The van der Waals surface area contributed by atoms with Gasteiger partial charge in [-0.3, -0.25) is 0 Å². The Labute approximate surface area is 89.9 Å². The van der Waals surface area contributed by atoms with Gasteiger partial charge in [0.2, 0.25) is 0 Å². The highest BCUT2D eigenvalue weighted by atomic mass is 16.4. The number of allylic oxidation sites excluding steroid dienone is 1. The third kappa shape index (κ3) is 15.2. The van der Waals surface area contributed by atoms with Crippen molar-refractivity contribution in [1.29, 1.82) is 0 Å². The summed E-state index contributed by atoms with van der Waals surface area (Å²) in [6.45, 7) is 6.67. The molecule has 0 rings (SSSR count). The van der Waals surface area contributed by atoms with Crippen molar-refractivity contribution in [1.82, 2.24) is 0 Å². The molecule has 0 aromatic rings. The average Bonchev–Trinajstić information content (AvgIpc) is 2.18. The lowest BCUT2D eigenvalue weighted by atomic mass is 10.2. The Morgan fingerprint density at radius 3 is 2.07 bits per heavy atom. The van der Waals surface area contributed by atoms with Crippen LogP contribution in [0.3, 0.4) is 0 Å². The van der Waals surface area contributed by atoms with E-state index in [0.717, 1.165) is 25.3 Å². The summed E-state index contributed by atoms with van der Waals surface area (Å²) in [5.74, 6) is -1.79. The van der Waals surface area contributed by atoms with Crippen molar-refractivity contribution < 1.29 is 19.8 Å². The van der Waals surface area contributed by atoms with E-state index in [2.05, 4.69) is 13.5 Å². The minimum Gasteiger partial charge on any atom is -0.478 e. The molecule has 0 aromatic heterocycles. The Morgan fingerprint density at radius 1 is 1.33 bits per heavy atom. The molecule has 0 fully saturated rings. The molecule has 2 N–H and O–H groups in total. The Kier molecular flexibility index (Phi) is 11.1. The van der Waals surface area contributed by atoms with Crippen LogP contribution in [0.5, 0.6) is 0 Å². The number of hydrogen-bond donors (Lipinski definition) is 2. The van der Waals surface area contributed by atoms with E-state index in [1.54, 1.807) is 13.0 Å². The van der Waals surface area contributed by atoms with Gasteiger partial charge < -0.3 is 10.2 Å². The zero-order valence-electron chi connectivity index (χ0n) is 9.19. The van der Waals surface area contributed by atoms with E-state index < -0.39 is 11.9 Å². The fourth-order valence-electron chi connectivity index (χ4n) is 0.610. The molecule has 4 nitrogen and oxygen atoms in total. The predicted molar refractivity (Wildman–Crippen MR) is 58.8 cm³/mol. The minimum atomic E-state index is -0.981. The van der Waals surface area contributed by atoms with E-state index in [1.165, 1.54) is 0 Å². The quantitative estimate of drug-likeness (QED) is 0.544. The monoisotopic (exact) mass is 214 g/mol. The van der Waals surface area contributed by atoms with Crippen molar-refractivity contribution in [3.63, 3.8) is 0 Å². The molecular weight excluding hydrogens is 196 g/mol. The highest BCUT2D eigenvalue weighted by Crippen LogP contribution is 2.00. The number of aliphatic carboxylic acids is 2. The molecule has 0 atom stereocenters. The Balaban J connectivity index is 0.